The largest absolute Gasteiger partial charge is 0.480 e. The fraction of sp³-hybridized carbons (Fsp3) is 0.577. The van der Waals surface area contributed by atoms with Gasteiger partial charge in [0, 0.05) is 62.5 Å². The second-order valence-electron chi connectivity index (χ2n) is 10.0. The molecule has 9 heteroatoms. The van der Waals surface area contributed by atoms with Crippen LogP contribution in [0.3, 0.4) is 0 Å². The predicted molar refractivity (Wildman–Crippen MR) is 131 cm³/mol. The predicted octanol–water partition coefficient (Wildman–Crippen LogP) is 3.73. The number of likely N-dealkylation sites (tertiary alicyclic amines) is 1. The number of carbonyl (C=O) groups excluding carboxylic acids is 1. The van der Waals surface area contributed by atoms with E-state index in [1.807, 2.05) is 30.9 Å². The minimum absolute atomic E-state index is 0.185. The third-order valence-electron chi connectivity index (χ3n) is 7.71. The summed E-state index contributed by atoms with van der Waals surface area (Å²) in [5, 5.41) is 0. The van der Waals surface area contributed by atoms with Crippen LogP contribution in [0.5, 0.6) is 5.88 Å². The molecule has 3 fully saturated rings. The van der Waals surface area contributed by atoms with E-state index in [0.717, 1.165) is 75.5 Å². The van der Waals surface area contributed by atoms with Gasteiger partial charge in [0.05, 0.1) is 36.9 Å². The number of methoxy groups -OCH3 is 1. The van der Waals surface area contributed by atoms with Crippen molar-refractivity contribution in [3.63, 3.8) is 0 Å². The van der Waals surface area contributed by atoms with Crippen molar-refractivity contribution < 1.29 is 18.7 Å². The normalized spacial score (nSPS) is 21.8. The molecule has 0 unspecified atom stereocenters. The number of aryl methyl sites for hydroxylation is 1. The number of piperazine rings is 1. The topological polar surface area (TPSA) is 71.0 Å². The Balaban J connectivity index is 1.24. The van der Waals surface area contributed by atoms with E-state index in [2.05, 4.69) is 19.8 Å². The molecule has 1 atom stereocenters. The zero-order chi connectivity index (χ0) is 24.6. The number of ether oxygens (including phenoxy) is 2. The second-order valence-corrected chi connectivity index (χ2v) is 10.0. The Morgan fingerprint density at radius 1 is 1.23 bits per heavy atom. The van der Waals surface area contributed by atoms with Gasteiger partial charge in [0.2, 0.25) is 5.88 Å². The van der Waals surface area contributed by atoms with E-state index in [-0.39, 0.29) is 17.3 Å². The van der Waals surface area contributed by atoms with Crippen LogP contribution in [0, 0.1) is 18.2 Å². The number of nitrogens with zero attached hydrogens (tertiary/aromatic N) is 5. The smallest absolute Gasteiger partial charge is 0.409 e. The van der Waals surface area contributed by atoms with Crippen LogP contribution in [-0.2, 0) is 4.74 Å². The van der Waals surface area contributed by atoms with Crippen molar-refractivity contribution in [3.8, 4) is 17.1 Å². The van der Waals surface area contributed by atoms with Gasteiger partial charge in [0.25, 0.3) is 0 Å². The summed E-state index contributed by atoms with van der Waals surface area (Å²) in [5.41, 5.74) is 3.35. The van der Waals surface area contributed by atoms with Crippen LogP contribution in [0.15, 0.2) is 24.4 Å². The Hall–Kier alpha value is -2.94. The first-order chi connectivity index (χ1) is 16.9. The number of carbonyl (C=O) groups is 1. The van der Waals surface area contributed by atoms with Crippen molar-refractivity contribution in [2.24, 2.45) is 5.41 Å². The van der Waals surface area contributed by atoms with Crippen LogP contribution in [0.25, 0.3) is 11.3 Å². The molecule has 1 saturated carbocycles. The molecular formula is C26H34FN5O3. The van der Waals surface area contributed by atoms with Crippen LogP contribution in [0.1, 0.15) is 31.9 Å². The maximum Gasteiger partial charge on any atom is 0.409 e. The van der Waals surface area contributed by atoms with Gasteiger partial charge in [-0.25, -0.2) is 14.2 Å². The molecule has 5 rings (SSSR count). The number of amides is 1. The Morgan fingerprint density at radius 3 is 2.71 bits per heavy atom. The van der Waals surface area contributed by atoms with Gasteiger partial charge in [0.15, 0.2) is 0 Å². The molecule has 188 valence electrons. The number of hydrogen-bond donors (Lipinski definition) is 0. The summed E-state index contributed by atoms with van der Waals surface area (Å²) in [7, 11) is 1.59. The monoisotopic (exact) mass is 483 g/mol. The lowest BCUT2D eigenvalue weighted by molar-refractivity contribution is -0.00294. The maximum atomic E-state index is 14.3. The highest BCUT2D eigenvalue weighted by Gasteiger charge is 2.51. The first kappa shape index (κ1) is 23.8. The SMILES string of the molecule is CCOC(=O)N1CC2(CC[C@@H](N3CCN(c4cc(F)cnc4-c4ccc(C)nc4OC)CC3)C2)C1. The van der Waals surface area contributed by atoms with Gasteiger partial charge in [-0.2, -0.15) is 0 Å². The summed E-state index contributed by atoms with van der Waals surface area (Å²) >= 11 is 0. The van der Waals surface area contributed by atoms with E-state index in [1.54, 1.807) is 13.2 Å². The molecule has 2 aromatic rings. The highest BCUT2D eigenvalue weighted by atomic mass is 19.1. The molecule has 2 aromatic heterocycles. The van der Waals surface area contributed by atoms with Crippen LogP contribution in [0.2, 0.25) is 0 Å². The molecule has 35 heavy (non-hydrogen) atoms. The molecule has 2 aliphatic heterocycles. The number of aromatic nitrogens is 2. The lowest BCUT2D eigenvalue weighted by Crippen LogP contribution is -2.58. The molecule has 1 aliphatic carbocycles. The minimum Gasteiger partial charge on any atom is -0.480 e. The van der Waals surface area contributed by atoms with E-state index in [4.69, 9.17) is 9.47 Å². The molecule has 0 bridgehead atoms. The minimum atomic E-state index is -0.348. The summed E-state index contributed by atoms with van der Waals surface area (Å²) in [4.78, 5) is 27.5. The standard InChI is InChI=1S/C26H34FN5O3/c1-4-35-25(33)32-16-26(17-32)8-7-20(14-26)30-9-11-31(12-10-30)22-13-19(27)15-28-23(22)21-6-5-18(2)29-24(21)34-3/h5-6,13,15,20H,4,7-12,14,16-17H2,1-3H3/t20-/m1/s1. The summed E-state index contributed by atoms with van der Waals surface area (Å²) in [6, 6.07) is 5.97. The molecule has 0 aromatic carbocycles. The quantitative estimate of drug-likeness (QED) is 0.642. The molecule has 4 heterocycles. The lowest BCUT2D eigenvalue weighted by Gasteiger charge is -2.48. The Morgan fingerprint density at radius 2 is 2.00 bits per heavy atom. The number of rotatable bonds is 5. The van der Waals surface area contributed by atoms with E-state index >= 15 is 0 Å². The van der Waals surface area contributed by atoms with Gasteiger partial charge in [-0.05, 0) is 45.2 Å². The van der Waals surface area contributed by atoms with Crippen molar-refractivity contribution in [1.29, 1.82) is 0 Å². The highest BCUT2D eigenvalue weighted by Crippen LogP contribution is 2.47. The van der Waals surface area contributed by atoms with Crippen molar-refractivity contribution >= 4 is 11.8 Å². The number of pyridine rings is 2. The van der Waals surface area contributed by atoms with E-state index in [9.17, 15) is 9.18 Å². The summed E-state index contributed by atoms with van der Waals surface area (Å²) in [6.45, 7) is 9.25. The van der Waals surface area contributed by atoms with Crippen LogP contribution in [0.4, 0.5) is 14.9 Å². The average molecular weight is 484 g/mol. The van der Waals surface area contributed by atoms with Gasteiger partial charge >= 0.3 is 6.09 Å². The van der Waals surface area contributed by atoms with E-state index in [0.29, 0.717) is 24.2 Å². The van der Waals surface area contributed by atoms with Crippen molar-refractivity contribution in [1.82, 2.24) is 19.8 Å². The van der Waals surface area contributed by atoms with Gasteiger partial charge in [-0.1, -0.05) is 0 Å². The fourth-order valence-electron chi connectivity index (χ4n) is 5.96. The van der Waals surface area contributed by atoms with Crippen molar-refractivity contribution in [2.75, 3.05) is 57.9 Å². The maximum absolute atomic E-state index is 14.3. The van der Waals surface area contributed by atoms with Crippen LogP contribution >= 0.6 is 0 Å². The van der Waals surface area contributed by atoms with Gasteiger partial charge in [-0.3, -0.25) is 9.88 Å². The zero-order valence-corrected chi connectivity index (χ0v) is 20.8. The molecule has 0 N–H and O–H groups in total. The number of anilines is 1. The third-order valence-corrected chi connectivity index (χ3v) is 7.71. The summed E-state index contributed by atoms with van der Waals surface area (Å²) in [5.74, 6) is 0.150. The van der Waals surface area contributed by atoms with E-state index in [1.165, 1.54) is 6.20 Å². The third kappa shape index (κ3) is 4.66. The second kappa shape index (κ2) is 9.60. The Labute approximate surface area is 206 Å². The Kier molecular flexibility index (Phi) is 6.53. The molecule has 8 nitrogen and oxygen atoms in total. The zero-order valence-electron chi connectivity index (χ0n) is 20.8. The first-order valence-corrected chi connectivity index (χ1v) is 12.5. The van der Waals surface area contributed by atoms with Gasteiger partial charge in [-0.15, -0.1) is 0 Å². The average Bonchev–Trinajstić information content (AvgIpc) is 3.29. The van der Waals surface area contributed by atoms with Crippen LogP contribution < -0.4 is 9.64 Å². The van der Waals surface area contributed by atoms with E-state index < -0.39 is 0 Å². The lowest BCUT2D eigenvalue weighted by atomic mass is 9.78. The fourth-order valence-corrected chi connectivity index (χ4v) is 5.96. The molecule has 0 radical (unpaired) electrons. The van der Waals surface area contributed by atoms with Crippen molar-refractivity contribution in [2.45, 2.75) is 39.2 Å². The Bertz CT molecular complexity index is 1080. The molecule has 1 spiro atoms. The molecule has 2 saturated heterocycles. The van der Waals surface area contributed by atoms with Gasteiger partial charge < -0.3 is 19.3 Å². The van der Waals surface area contributed by atoms with Crippen LogP contribution in [-0.4, -0.2) is 84.9 Å². The number of hydrogen-bond acceptors (Lipinski definition) is 7. The van der Waals surface area contributed by atoms with Crippen molar-refractivity contribution in [3.05, 3.63) is 35.9 Å². The van der Waals surface area contributed by atoms with Gasteiger partial charge in [0.1, 0.15) is 5.82 Å². The number of halogens is 1. The first-order valence-electron chi connectivity index (χ1n) is 12.5. The highest BCUT2D eigenvalue weighted by molar-refractivity contribution is 5.78. The summed E-state index contributed by atoms with van der Waals surface area (Å²) in [6.07, 6.45) is 4.52. The molecule has 3 aliphatic rings. The molecular weight excluding hydrogens is 449 g/mol. The molecule has 1 amide bonds. The summed E-state index contributed by atoms with van der Waals surface area (Å²) < 4.78 is 24.9.